The Balaban J connectivity index is 1.77. The molecule has 4 heteroatoms. The fraction of sp³-hybridized carbons (Fsp3) is 0.500. The Labute approximate surface area is 114 Å². The number of hydrogen-bond donors (Lipinski definition) is 0. The van der Waals surface area contributed by atoms with Gasteiger partial charge in [0.1, 0.15) is 23.5 Å². The molecule has 0 aromatic heterocycles. The molecular weight excluding hydrogens is 299 g/mol. The zero-order chi connectivity index (χ0) is 12.8. The van der Waals surface area contributed by atoms with Gasteiger partial charge in [-0.2, -0.15) is 0 Å². The van der Waals surface area contributed by atoms with E-state index >= 15 is 0 Å². The second-order valence-electron chi connectivity index (χ2n) is 5.17. The van der Waals surface area contributed by atoms with Crippen molar-refractivity contribution >= 4 is 21.7 Å². The molecule has 0 amide bonds. The van der Waals surface area contributed by atoms with E-state index in [0.717, 1.165) is 25.7 Å². The fourth-order valence-corrected chi connectivity index (χ4v) is 3.45. The predicted octanol–water partition coefficient (Wildman–Crippen LogP) is 3.87. The van der Waals surface area contributed by atoms with Crippen LogP contribution in [0.2, 0.25) is 0 Å². The van der Waals surface area contributed by atoms with Crippen LogP contribution in [0.1, 0.15) is 32.1 Å². The smallest absolute Gasteiger partial charge is 0.146 e. The maximum absolute atomic E-state index is 13.1. The summed E-state index contributed by atoms with van der Waals surface area (Å²) in [5.74, 6) is 0.667. The van der Waals surface area contributed by atoms with Crippen LogP contribution in [-0.2, 0) is 4.79 Å². The van der Waals surface area contributed by atoms with E-state index in [0.29, 0.717) is 22.4 Å². The van der Waals surface area contributed by atoms with Crippen LogP contribution in [0.3, 0.4) is 0 Å². The highest BCUT2D eigenvalue weighted by atomic mass is 79.9. The average molecular weight is 313 g/mol. The summed E-state index contributed by atoms with van der Waals surface area (Å²) in [5.41, 5.74) is -0.235. The third kappa shape index (κ3) is 1.78. The Morgan fingerprint density at radius 1 is 1.33 bits per heavy atom. The molecule has 1 aromatic carbocycles. The normalized spacial score (nSPS) is 25.2. The van der Waals surface area contributed by atoms with Crippen LogP contribution >= 0.6 is 15.9 Å². The van der Waals surface area contributed by atoms with Crippen LogP contribution < -0.4 is 4.74 Å². The van der Waals surface area contributed by atoms with E-state index in [-0.39, 0.29) is 17.3 Å². The number of hydrogen-bond acceptors (Lipinski definition) is 2. The van der Waals surface area contributed by atoms with Gasteiger partial charge in [-0.05, 0) is 47.0 Å². The number of Topliss-reactive ketones (excluding diaryl/α,β-unsaturated/α-hetero) is 1. The molecule has 2 aliphatic rings. The monoisotopic (exact) mass is 312 g/mol. The maximum atomic E-state index is 13.1. The van der Waals surface area contributed by atoms with E-state index in [9.17, 15) is 9.18 Å². The molecule has 18 heavy (non-hydrogen) atoms. The lowest BCUT2D eigenvalue weighted by Gasteiger charge is -2.44. The minimum absolute atomic E-state index is 0.0233. The number of carbonyl (C=O) groups is 1. The highest BCUT2D eigenvalue weighted by Crippen LogP contribution is 2.52. The summed E-state index contributed by atoms with van der Waals surface area (Å²) in [4.78, 5) is 11.8. The van der Waals surface area contributed by atoms with Crippen LogP contribution in [0.15, 0.2) is 22.7 Å². The average Bonchev–Trinajstić information content (AvgIpc) is 2.85. The standard InChI is InChI=1S/C14H14BrFO2/c15-10-7-9(3-4-11(10)16)18-13-8-12(17)14(13)5-1-2-6-14/h3-4,7,13H,1-2,5-6,8H2. The largest absolute Gasteiger partial charge is 0.489 e. The van der Waals surface area contributed by atoms with Crippen molar-refractivity contribution in [2.45, 2.75) is 38.2 Å². The maximum Gasteiger partial charge on any atom is 0.146 e. The molecular formula is C14H14BrFO2. The van der Waals surface area contributed by atoms with E-state index in [1.54, 1.807) is 12.1 Å². The summed E-state index contributed by atoms with van der Waals surface area (Å²) in [5, 5.41) is 0. The van der Waals surface area contributed by atoms with Crippen molar-refractivity contribution in [2.24, 2.45) is 5.41 Å². The zero-order valence-electron chi connectivity index (χ0n) is 9.92. The third-order valence-electron chi connectivity index (χ3n) is 4.21. The number of halogens is 2. The summed E-state index contributed by atoms with van der Waals surface area (Å²) in [6.07, 6.45) is 4.58. The van der Waals surface area contributed by atoms with Crippen LogP contribution in [-0.4, -0.2) is 11.9 Å². The van der Waals surface area contributed by atoms with Crippen molar-refractivity contribution in [3.05, 3.63) is 28.5 Å². The molecule has 0 radical (unpaired) electrons. The second kappa shape index (κ2) is 4.34. The van der Waals surface area contributed by atoms with Gasteiger partial charge in [0.25, 0.3) is 0 Å². The SMILES string of the molecule is O=C1CC(Oc2ccc(F)c(Br)c2)C12CCCC2. The molecule has 1 spiro atoms. The van der Waals surface area contributed by atoms with Crippen molar-refractivity contribution in [1.29, 1.82) is 0 Å². The zero-order valence-corrected chi connectivity index (χ0v) is 11.5. The van der Waals surface area contributed by atoms with Crippen LogP contribution in [0.4, 0.5) is 4.39 Å². The van der Waals surface area contributed by atoms with Gasteiger partial charge in [-0.1, -0.05) is 12.8 Å². The minimum atomic E-state index is -0.303. The van der Waals surface area contributed by atoms with Crippen molar-refractivity contribution in [3.8, 4) is 5.75 Å². The Morgan fingerprint density at radius 2 is 2.06 bits per heavy atom. The second-order valence-corrected chi connectivity index (χ2v) is 6.03. The van der Waals surface area contributed by atoms with Crippen molar-refractivity contribution in [2.75, 3.05) is 0 Å². The lowest BCUT2D eigenvalue weighted by atomic mass is 9.63. The summed E-state index contributed by atoms with van der Waals surface area (Å²) < 4.78 is 19.4. The molecule has 3 rings (SSSR count). The molecule has 1 unspecified atom stereocenters. The number of carbonyl (C=O) groups excluding carboxylic acids is 1. The van der Waals surface area contributed by atoms with Gasteiger partial charge in [-0.3, -0.25) is 4.79 Å². The number of rotatable bonds is 2. The first-order chi connectivity index (χ1) is 8.62. The minimum Gasteiger partial charge on any atom is -0.489 e. The molecule has 2 fully saturated rings. The van der Waals surface area contributed by atoms with Crippen molar-refractivity contribution < 1.29 is 13.9 Å². The molecule has 2 saturated carbocycles. The van der Waals surface area contributed by atoms with Crippen LogP contribution in [0, 0.1) is 11.2 Å². The van der Waals surface area contributed by atoms with Crippen molar-refractivity contribution in [3.63, 3.8) is 0 Å². The molecule has 0 saturated heterocycles. The summed E-state index contributed by atoms with van der Waals surface area (Å²) in [6, 6.07) is 4.62. The van der Waals surface area contributed by atoms with Gasteiger partial charge in [0, 0.05) is 6.42 Å². The number of ether oxygens (including phenoxy) is 1. The Morgan fingerprint density at radius 3 is 2.67 bits per heavy atom. The Bertz CT molecular complexity index is 495. The number of benzene rings is 1. The van der Waals surface area contributed by atoms with Gasteiger partial charge < -0.3 is 4.74 Å². The van der Waals surface area contributed by atoms with E-state index in [1.165, 1.54) is 6.07 Å². The molecule has 1 atom stereocenters. The van der Waals surface area contributed by atoms with E-state index in [1.807, 2.05) is 0 Å². The summed E-state index contributed by atoms with van der Waals surface area (Å²) >= 11 is 3.14. The van der Waals surface area contributed by atoms with Gasteiger partial charge in [0.15, 0.2) is 0 Å². The highest BCUT2D eigenvalue weighted by molar-refractivity contribution is 9.10. The molecule has 2 nitrogen and oxygen atoms in total. The van der Waals surface area contributed by atoms with Gasteiger partial charge in [0.2, 0.25) is 0 Å². The first-order valence-corrected chi connectivity index (χ1v) is 7.06. The van der Waals surface area contributed by atoms with E-state index in [4.69, 9.17) is 4.74 Å². The number of ketones is 1. The quantitative estimate of drug-likeness (QED) is 0.828. The Hall–Kier alpha value is -0.900. The van der Waals surface area contributed by atoms with Gasteiger partial charge >= 0.3 is 0 Å². The lowest BCUT2D eigenvalue weighted by Crippen LogP contribution is -2.55. The highest BCUT2D eigenvalue weighted by Gasteiger charge is 2.57. The van der Waals surface area contributed by atoms with Crippen molar-refractivity contribution in [1.82, 2.24) is 0 Å². The molecule has 96 valence electrons. The van der Waals surface area contributed by atoms with Crippen LogP contribution in [0.5, 0.6) is 5.75 Å². The molecule has 0 bridgehead atoms. The predicted molar refractivity (Wildman–Crippen MR) is 69.0 cm³/mol. The third-order valence-corrected chi connectivity index (χ3v) is 4.82. The molecule has 0 aliphatic heterocycles. The summed E-state index contributed by atoms with van der Waals surface area (Å²) in [6.45, 7) is 0. The molecule has 0 heterocycles. The topological polar surface area (TPSA) is 26.3 Å². The van der Waals surface area contributed by atoms with Gasteiger partial charge in [-0.15, -0.1) is 0 Å². The van der Waals surface area contributed by atoms with Gasteiger partial charge in [0.05, 0.1) is 9.89 Å². The first-order valence-electron chi connectivity index (χ1n) is 6.27. The lowest BCUT2D eigenvalue weighted by molar-refractivity contribution is -0.151. The fourth-order valence-electron chi connectivity index (χ4n) is 3.09. The molecule has 1 aromatic rings. The van der Waals surface area contributed by atoms with E-state index < -0.39 is 0 Å². The van der Waals surface area contributed by atoms with Gasteiger partial charge in [-0.25, -0.2) is 4.39 Å². The summed E-state index contributed by atoms with van der Waals surface area (Å²) in [7, 11) is 0. The Kier molecular flexibility index (Phi) is 2.93. The van der Waals surface area contributed by atoms with Crippen LogP contribution in [0.25, 0.3) is 0 Å². The molecule has 0 N–H and O–H groups in total. The molecule has 2 aliphatic carbocycles. The van der Waals surface area contributed by atoms with E-state index in [2.05, 4.69) is 15.9 Å². The first kappa shape index (κ1) is 12.2.